The molecule has 0 saturated heterocycles. The van der Waals surface area contributed by atoms with Gasteiger partial charge in [0, 0.05) is 23.4 Å². The summed E-state index contributed by atoms with van der Waals surface area (Å²) in [6.07, 6.45) is 0. The molecule has 0 radical (unpaired) electrons. The zero-order chi connectivity index (χ0) is 25.5. The van der Waals surface area contributed by atoms with Crippen molar-refractivity contribution >= 4 is 23.4 Å². The fraction of sp³-hybridized carbons (Fsp3) is 0.208. The molecule has 35 heavy (non-hydrogen) atoms. The van der Waals surface area contributed by atoms with Crippen LogP contribution in [0.1, 0.15) is 50.9 Å². The summed E-state index contributed by atoms with van der Waals surface area (Å²) in [4.78, 5) is 38.9. The number of anilines is 1. The number of nitrogens with zero attached hydrogens (tertiary/aromatic N) is 1. The summed E-state index contributed by atoms with van der Waals surface area (Å²) in [6.45, 7) is 6.21. The van der Waals surface area contributed by atoms with Gasteiger partial charge in [0.2, 0.25) is 0 Å². The molecule has 0 aliphatic carbocycles. The number of phenols is 1. The lowest BCUT2D eigenvalue weighted by atomic mass is 10.1. The topological polar surface area (TPSA) is 124 Å². The number of hydrazine groups is 1. The Kier molecular flexibility index (Phi) is 8.16. The van der Waals surface area contributed by atoms with Gasteiger partial charge in [-0.15, -0.1) is 0 Å². The highest BCUT2D eigenvalue weighted by Crippen LogP contribution is 2.22. The van der Waals surface area contributed by atoms with Crippen LogP contribution >= 0.6 is 0 Å². The molecule has 3 aromatic rings. The third-order valence-electron chi connectivity index (χ3n) is 5.07. The molecule has 0 fully saturated rings. The van der Waals surface area contributed by atoms with Crippen molar-refractivity contribution in [1.29, 1.82) is 0 Å². The summed E-state index contributed by atoms with van der Waals surface area (Å²) in [6, 6.07) is 9.08. The van der Waals surface area contributed by atoms with Crippen molar-refractivity contribution < 1.29 is 32.7 Å². The van der Waals surface area contributed by atoms with E-state index in [-0.39, 0.29) is 22.6 Å². The number of aromatic hydroxyl groups is 1. The van der Waals surface area contributed by atoms with Crippen LogP contribution in [-0.2, 0) is 6.54 Å². The summed E-state index contributed by atoms with van der Waals surface area (Å²) in [7, 11) is 0. The maximum Gasteiger partial charge on any atom is 0.305 e. The second-order valence-electron chi connectivity index (χ2n) is 7.48. The second-order valence-corrected chi connectivity index (χ2v) is 7.48. The van der Waals surface area contributed by atoms with Crippen LogP contribution in [-0.4, -0.2) is 40.8 Å². The molecular formula is C24H24F2N4O5. The van der Waals surface area contributed by atoms with E-state index in [1.165, 1.54) is 18.2 Å². The fourth-order valence-electron chi connectivity index (χ4n) is 3.18. The first-order valence-corrected chi connectivity index (χ1v) is 10.7. The average Bonchev–Trinajstić information content (AvgIpc) is 3.29. The van der Waals surface area contributed by atoms with Crippen molar-refractivity contribution in [2.75, 3.05) is 18.4 Å². The molecule has 2 aromatic carbocycles. The molecule has 1 heterocycles. The van der Waals surface area contributed by atoms with E-state index in [2.05, 4.69) is 21.1 Å². The van der Waals surface area contributed by atoms with Crippen LogP contribution in [0.25, 0.3) is 0 Å². The van der Waals surface area contributed by atoms with Gasteiger partial charge in [-0.25, -0.2) is 8.78 Å². The van der Waals surface area contributed by atoms with E-state index in [0.29, 0.717) is 18.4 Å². The zero-order valence-corrected chi connectivity index (χ0v) is 19.0. The van der Waals surface area contributed by atoms with Crippen molar-refractivity contribution in [1.82, 2.24) is 15.8 Å². The van der Waals surface area contributed by atoms with Gasteiger partial charge in [-0.3, -0.25) is 30.1 Å². The zero-order valence-electron chi connectivity index (χ0n) is 19.0. The van der Waals surface area contributed by atoms with E-state index in [1.54, 1.807) is 6.07 Å². The summed E-state index contributed by atoms with van der Waals surface area (Å²) in [5, 5.41) is 12.5. The predicted molar refractivity (Wildman–Crippen MR) is 123 cm³/mol. The highest BCUT2D eigenvalue weighted by Gasteiger charge is 2.17. The molecule has 0 aliphatic rings. The predicted octanol–water partition coefficient (Wildman–Crippen LogP) is 3.43. The first-order chi connectivity index (χ1) is 16.7. The molecule has 11 heteroatoms. The molecule has 0 spiro atoms. The average molecular weight is 486 g/mol. The first kappa shape index (κ1) is 25.4. The number of nitrogens with one attached hydrogen (secondary N) is 3. The van der Waals surface area contributed by atoms with E-state index < -0.39 is 35.1 Å². The van der Waals surface area contributed by atoms with Crippen molar-refractivity contribution in [2.24, 2.45) is 0 Å². The quantitative estimate of drug-likeness (QED) is 0.362. The SMILES string of the molecule is CCN(CC)Cc1ccc(C(=O)NNC(=O)c2ccc(NC(=O)c3cc(F)cc(F)c3)cc2O)o1. The number of rotatable bonds is 8. The number of carbonyl (C=O) groups excluding carboxylic acids is 3. The minimum absolute atomic E-state index is 0.00326. The lowest BCUT2D eigenvalue weighted by Crippen LogP contribution is -2.41. The third kappa shape index (κ3) is 6.64. The third-order valence-corrected chi connectivity index (χ3v) is 5.07. The van der Waals surface area contributed by atoms with Crippen molar-refractivity contribution in [2.45, 2.75) is 20.4 Å². The first-order valence-electron chi connectivity index (χ1n) is 10.7. The van der Waals surface area contributed by atoms with Gasteiger partial charge < -0.3 is 14.8 Å². The summed E-state index contributed by atoms with van der Waals surface area (Å²) in [5.41, 5.74) is 4.00. The minimum atomic E-state index is -0.915. The number of phenolic OH excluding ortho intramolecular Hbond substituents is 1. The summed E-state index contributed by atoms with van der Waals surface area (Å²) in [5.74, 6) is -4.05. The Morgan fingerprint density at radius 1 is 0.886 bits per heavy atom. The largest absolute Gasteiger partial charge is 0.507 e. The van der Waals surface area contributed by atoms with Crippen molar-refractivity contribution in [3.05, 3.63) is 82.8 Å². The normalized spacial score (nSPS) is 10.8. The lowest BCUT2D eigenvalue weighted by molar-refractivity contribution is 0.0827. The number of hydrogen-bond acceptors (Lipinski definition) is 6. The molecule has 3 amide bonds. The van der Waals surface area contributed by atoms with Crippen LogP contribution in [0.5, 0.6) is 5.75 Å². The number of benzene rings is 2. The number of halogens is 2. The van der Waals surface area contributed by atoms with E-state index in [4.69, 9.17) is 4.42 Å². The number of carbonyl (C=O) groups is 3. The summed E-state index contributed by atoms with van der Waals surface area (Å²) < 4.78 is 32.1. The van der Waals surface area contributed by atoms with Gasteiger partial charge in [0.25, 0.3) is 11.8 Å². The molecule has 1 aromatic heterocycles. The second kappa shape index (κ2) is 11.3. The Morgan fingerprint density at radius 2 is 1.54 bits per heavy atom. The molecule has 0 unspecified atom stereocenters. The highest BCUT2D eigenvalue weighted by molar-refractivity contribution is 6.05. The van der Waals surface area contributed by atoms with Crippen LogP contribution in [0.4, 0.5) is 14.5 Å². The van der Waals surface area contributed by atoms with Crippen molar-refractivity contribution in [3.63, 3.8) is 0 Å². The monoisotopic (exact) mass is 486 g/mol. The standard InChI is InChI=1S/C24H24F2N4O5/c1-3-30(4-2)13-18-6-8-21(35-18)24(34)29-28-23(33)19-7-5-17(12-20(19)31)27-22(32)14-9-15(25)11-16(26)10-14/h5-12,31H,3-4,13H2,1-2H3,(H,27,32)(H,28,33)(H,29,34). The van der Waals surface area contributed by atoms with Crippen LogP contribution in [0.15, 0.2) is 52.9 Å². The minimum Gasteiger partial charge on any atom is -0.507 e. The van der Waals surface area contributed by atoms with E-state index in [0.717, 1.165) is 31.3 Å². The Hall–Kier alpha value is -4.25. The molecule has 0 bridgehead atoms. The van der Waals surface area contributed by atoms with Gasteiger partial charge in [-0.2, -0.15) is 0 Å². The van der Waals surface area contributed by atoms with Crippen LogP contribution in [0, 0.1) is 11.6 Å². The van der Waals surface area contributed by atoms with E-state index in [1.807, 2.05) is 13.8 Å². The molecule has 0 atom stereocenters. The molecule has 184 valence electrons. The summed E-state index contributed by atoms with van der Waals surface area (Å²) >= 11 is 0. The smallest absolute Gasteiger partial charge is 0.305 e. The van der Waals surface area contributed by atoms with Gasteiger partial charge in [-0.1, -0.05) is 13.8 Å². The van der Waals surface area contributed by atoms with Crippen LogP contribution in [0.3, 0.4) is 0 Å². The molecular weight excluding hydrogens is 462 g/mol. The van der Waals surface area contributed by atoms with Crippen molar-refractivity contribution in [3.8, 4) is 5.75 Å². The maximum absolute atomic E-state index is 13.3. The Labute approximate surface area is 199 Å². The molecule has 0 aliphatic heterocycles. The lowest BCUT2D eigenvalue weighted by Gasteiger charge is -2.15. The highest BCUT2D eigenvalue weighted by atomic mass is 19.1. The van der Waals surface area contributed by atoms with Gasteiger partial charge in [0.05, 0.1) is 12.1 Å². The van der Waals surface area contributed by atoms with E-state index >= 15 is 0 Å². The maximum atomic E-state index is 13.3. The Morgan fingerprint density at radius 3 is 2.17 bits per heavy atom. The Bertz CT molecular complexity index is 1220. The van der Waals surface area contributed by atoms with Gasteiger partial charge in [-0.05, 0) is 49.5 Å². The number of hydrogen-bond donors (Lipinski definition) is 4. The molecule has 9 nitrogen and oxygen atoms in total. The van der Waals surface area contributed by atoms with Gasteiger partial charge >= 0.3 is 5.91 Å². The van der Waals surface area contributed by atoms with Crippen LogP contribution in [0.2, 0.25) is 0 Å². The van der Waals surface area contributed by atoms with Gasteiger partial charge in [0.1, 0.15) is 23.1 Å². The molecule has 0 saturated carbocycles. The number of amides is 3. The van der Waals surface area contributed by atoms with Crippen LogP contribution < -0.4 is 16.2 Å². The molecule has 3 rings (SSSR count). The fourth-order valence-corrected chi connectivity index (χ4v) is 3.18. The van der Waals surface area contributed by atoms with E-state index in [9.17, 15) is 28.3 Å². The van der Waals surface area contributed by atoms with Gasteiger partial charge in [0.15, 0.2) is 5.76 Å². The Balaban J connectivity index is 1.58. The number of furan rings is 1. The molecule has 4 N–H and O–H groups in total.